The van der Waals surface area contributed by atoms with E-state index in [4.69, 9.17) is 16.0 Å². The molecule has 2 amide bonds. The summed E-state index contributed by atoms with van der Waals surface area (Å²) in [6.07, 6.45) is 5.31. The minimum Gasteiger partial charge on any atom is -0.461 e. The predicted octanol–water partition coefficient (Wildman–Crippen LogP) is 5.54. The Morgan fingerprint density at radius 3 is 2.51 bits per heavy atom. The molecule has 4 heterocycles. The van der Waals surface area contributed by atoms with Crippen LogP contribution in [0.1, 0.15) is 21.7 Å². The minimum absolute atomic E-state index is 0.0953. The molecule has 1 saturated heterocycles. The molecule has 0 radical (unpaired) electrons. The lowest BCUT2D eigenvalue weighted by molar-refractivity contribution is -0.122. The second-order valence-corrected chi connectivity index (χ2v) is 10.3. The van der Waals surface area contributed by atoms with Crippen molar-refractivity contribution in [2.75, 3.05) is 15.5 Å². The van der Waals surface area contributed by atoms with Crippen LogP contribution in [0.5, 0.6) is 0 Å². The maximum atomic E-state index is 14.4. The van der Waals surface area contributed by atoms with Crippen LogP contribution in [0.2, 0.25) is 5.02 Å². The molecule has 7 nitrogen and oxygen atoms in total. The molecule has 3 aromatic carbocycles. The number of hydrogen-bond donors (Lipinski definition) is 2. The number of amides is 2. The first-order chi connectivity index (χ1) is 19.0. The number of para-hydroxylation sites is 2. The van der Waals surface area contributed by atoms with Gasteiger partial charge < -0.3 is 20.0 Å². The standard InChI is InChI=1S/C31H22ClN3O4/c32-19-12-14-20(15-13-19)33-29(37)27-26(28(36)24-10-5-17-39-24)31(21-7-2-3-8-22(21)34-30(31)38)25-16-11-18-6-1-4-9-23(18)35(25)27/h1-17,25-27H,(H,33,37)(H,34,38)/t25-,26+,27-,31-/m0/s1. The summed E-state index contributed by atoms with van der Waals surface area (Å²) in [7, 11) is 0. The van der Waals surface area contributed by atoms with Crippen LogP contribution < -0.4 is 15.5 Å². The van der Waals surface area contributed by atoms with Crippen LogP contribution in [0, 0.1) is 5.92 Å². The molecule has 3 aliphatic rings. The smallest absolute Gasteiger partial charge is 0.247 e. The molecule has 192 valence electrons. The Balaban J connectivity index is 1.48. The predicted molar refractivity (Wildman–Crippen MR) is 149 cm³/mol. The number of halogens is 1. The highest BCUT2D eigenvalue weighted by molar-refractivity contribution is 6.30. The molecule has 0 bridgehead atoms. The largest absolute Gasteiger partial charge is 0.461 e. The molecule has 1 aromatic heterocycles. The van der Waals surface area contributed by atoms with E-state index in [1.165, 1.54) is 6.26 Å². The molecule has 4 aromatic rings. The molecule has 7 rings (SSSR count). The van der Waals surface area contributed by atoms with Gasteiger partial charge >= 0.3 is 0 Å². The van der Waals surface area contributed by atoms with E-state index in [1.54, 1.807) is 36.4 Å². The van der Waals surface area contributed by atoms with Crippen LogP contribution in [-0.2, 0) is 15.0 Å². The number of Topliss-reactive ketones (excluding diaryl/α,β-unsaturated/α-hetero) is 1. The number of nitrogens with one attached hydrogen (secondary N) is 2. The lowest BCUT2D eigenvalue weighted by atomic mass is 9.65. The van der Waals surface area contributed by atoms with Gasteiger partial charge in [0, 0.05) is 22.1 Å². The summed E-state index contributed by atoms with van der Waals surface area (Å²) in [5.74, 6) is -2.15. The fourth-order valence-electron chi connectivity index (χ4n) is 6.44. The number of furan rings is 1. The summed E-state index contributed by atoms with van der Waals surface area (Å²) in [6.45, 7) is 0. The fraction of sp³-hybridized carbons (Fsp3) is 0.129. The van der Waals surface area contributed by atoms with E-state index in [-0.39, 0.29) is 11.7 Å². The van der Waals surface area contributed by atoms with E-state index in [2.05, 4.69) is 10.6 Å². The Labute approximate surface area is 229 Å². The van der Waals surface area contributed by atoms with Crippen molar-refractivity contribution in [2.24, 2.45) is 5.92 Å². The summed E-state index contributed by atoms with van der Waals surface area (Å²) in [6, 6.07) is 23.4. The summed E-state index contributed by atoms with van der Waals surface area (Å²) in [5, 5.41) is 6.51. The van der Waals surface area contributed by atoms with Gasteiger partial charge in [0.15, 0.2) is 5.76 Å². The highest BCUT2D eigenvalue weighted by atomic mass is 35.5. The van der Waals surface area contributed by atoms with Crippen LogP contribution in [0.15, 0.2) is 102 Å². The van der Waals surface area contributed by atoms with Crippen molar-refractivity contribution in [3.8, 4) is 0 Å². The second-order valence-electron chi connectivity index (χ2n) is 9.90. The second kappa shape index (κ2) is 8.71. The first kappa shape index (κ1) is 23.5. The van der Waals surface area contributed by atoms with E-state index in [1.807, 2.05) is 65.6 Å². The Hall–Kier alpha value is -4.62. The quantitative estimate of drug-likeness (QED) is 0.335. The average Bonchev–Trinajstić information content (AvgIpc) is 3.67. The number of ketones is 1. The van der Waals surface area contributed by atoms with Gasteiger partial charge in [0.2, 0.25) is 17.6 Å². The number of carbonyl (C=O) groups excluding carboxylic acids is 3. The van der Waals surface area contributed by atoms with Crippen molar-refractivity contribution in [2.45, 2.75) is 17.5 Å². The maximum Gasteiger partial charge on any atom is 0.247 e. The molecule has 1 spiro atoms. The first-order valence-corrected chi connectivity index (χ1v) is 13.0. The van der Waals surface area contributed by atoms with Crippen molar-refractivity contribution in [1.29, 1.82) is 0 Å². The average molecular weight is 536 g/mol. The van der Waals surface area contributed by atoms with E-state index in [0.29, 0.717) is 22.0 Å². The molecule has 2 N–H and O–H groups in total. The van der Waals surface area contributed by atoms with Crippen molar-refractivity contribution < 1.29 is 18.8 Å². The zero-order valence-electron chi connectivity index (χ0n) is 20.5. The molecule has 39 heavy (non-hydrogen) atoms. The van der Waals surface area contributed by atoms with Gasteiger partial charge in [-0.25, -0.2) is 0 Å². The van der Waals surface area contributed by atoms with Gasteiger partial charge in [-0.3, -0.25) is 14.4 Å². The monoisotopic (exact) mass is 535 g/mol. The fourth-order valence-corrected chi connectivity index (χ4v) is 6.57. The number of rotatable bonds is 4. The van der Waals surface area contributed by atoms with Crippen molar-refractivity contribution >= 4 is 52.3 Å². The van der Waals surface area contributed by atoms with E-state index in [9.17, 15) is 14.4 Å². The maximum absolute atomic E-state index is 14.4. The van der Waals surface area contributed by atoms with Gasteiger partial charge in [-0.1, -0.05) is 60.2 Å². The van der Waals surface area contributed by atoms with Gasteiger partial charge in [0.25, 0.3) is 0 Å². The third-order valence-electron chi connectivity index (χ3n) is 7.97. The van der Waals surface area contributed by atoms with Gasteiger partial charge in [0.05, 0.1) is 18.2 Å². The number of anilines is 3. The Morgan fingerprint density at radius 2 is 1.72 bits per heavy atom. The number of nitrogens with zero attached hydrogens (tertiary/aromatic N) is 1. The lowest BCUT2D eigenvalue weighted by Gasteiger charge is -2.37. The SMILES string of the molecule is O=C(Nc1ccc(Cl)cc1)[C@@H]1[C@H](C(=O)c2ccco2)[C@@]2(C(=O)Nc3ccccc32)[C@@H]2C=Cc3ccccc3N12. The van der Waals surface area contributed by atoms with Crippen LogP contribution in [0.4, 0.5) is 17.1 Å². The Kier molecular flexibility index (Phi) is 5.25. The molecule has 4 atom stereocenters. The Bertz CT molecular complexity index is 1660. The normalized spacial score (nSPS) is 24.2. The van der Waals surface area contributed by atoms with E-state index in [0.717, 1.165) is 11.3 Å². The zero-order valence-corrected chi connectivity index (χ0v) is 21.3. The summed E-state index contributed by atoms with van der Waals surface area (Å²) < 4.78 is 5.55. The minimum atomic E-state index is -1.38. The number of hydrogen-bond acceptors (Lipinski definition) is 5. The third kappa shape index (κ3) is 3.33. The zero-order chi connectivity index (χ0) is 26.7. The molecule has 8 heteroatoms. The van der Waals surface area contributed by atoms with Gasteiger partial charge in [-0.15, -0.1) is 0 Å². The topological polar surface area (TPSA) is 91.6 Å². The van der Waals surface area contributed by atoms with E-state index < -0.39 is 35.1 Å². The van der Waals surface area contributed by atoms with Crippen LogP contribution >= 0.6 is 11.6 Å². The highest BCUT2D eigenvalue weighted by Gasteiger charge is 2.70. The van der Waals surface area contributed by atoms with Crippen LogP contribution in [-0.4, -0.2) is 29.7 Å². The van der Waals surface area contributed by atoms with Gasteiger partial charge in [-0.2, -0.15) is 0 Å². The number of benzene rings is 3. The lowest BCUT2D eigenvalue weighted by Crippen LogP contribution is -2.51. The molecular formula is C31H22ClN3O4. The Morgan fingerprint density at radius 1 is 0.949 bits per heavy atom. The van der Waals surface area contributed by atoms with Crippen LogP contribution in [0.3, 0.4) is 0 Å². The molecule has 1 fully saturated rings. The molecular weight excluding hydrogens is 514 g/mol. The van der Waals surface area contributed by atoms with Crippen molar-refractivity contribution in [3.05, 3.63) is 119 Å². The van der Waals surface area contributed by atoms with Gasteiger partial charge in [0.1, 0.15) is 11.5 Å². The number of fused-ring (bicyclic) bond motifs is 6. The molecule has 0 unspecified atom stereocenters. The molecule has 0 saturated carbocycles. The third-order valence-corrected chi connectivity index (χ3v) is 8.22. The van der Waals surface area contributed by atoms with Crippen molar-refractivity contribution in [1.82, 2.24) is 0 Å². The van der Waals surface area contributed by atoms with Gasteiger partial charge in [-0.05, 0) is 59.7 Å². The molecule has 0 aliphatic carbocycles. The summed E-state index contributed by atoms with van der Waals surface area (Å²) >= 11 is 6.06. The van der Waals surface area contributed by atoms with Crippen LogP contribution in [0.25, 0.3) is 6.08 Å². The molecule has 3 aliphatic heterocycles. The summed E-state index contributed by atoms with van der Waals surface area (Å²) in [5.41, 5.74) is 2.13. The summed E-state index contributed by atoms with van der Waals surface area (Å²) in [4.78, 5) is 44.7. The van der Waals surface area contributed by atoms with E-state index >= 15 is 0 Å². The number of carbonyl (C=O) groups is 3. The highest BCUT2D eigenvalue weighted by Crippen LogP contribution is 2.57. The van der Waals surface area contributed by atoms with Crippen molar-refractivity contribution in [3.63, 3.8) is 0 Å². The first-order valence-electron chi connectivity index (χ1n) is 12.6.